The van der Waals surface area contributed by atoms with Crippen LogP contribution >= 0.6 is 0 Å². The quantitative estimate of drug-likeness (QED) is 0.207. The van der Waals surface area contributed by atoms with Crippen molar-refractivity contribution in [3.8, 4) is 0 Å². The van der Waals surface area contributed by atoms with E-state index in [4.69, 9.17) is 0 Å². The molecule has 5 heteroatoms. The fraction of sp³-hybridized carbons (Fsp3) is 0.452. The van der Waals surface area contributed by atoms with Gasteiger partial charge in [-0.05, 0) is 69.9 Å². The Morgan fingerprint density at radius 2 is 1.61 bits per heavy atom. The number of likely N-dealkylation sites (tertiary alicyclic amines) is 1. The normalized spacial score (nSPS) is 16.5. The Bertz CT molecular complexity index is 900. The molecule has 1 saturated heterocycles. The van der Waals surface area contributed by atoms with Crippen molar-refractivity contribution < 1.29 is 9.59 Å². The van der Waals surface area contributed by atoms with Gasteiger partial charge < -0.3 is 10.2 Å². The molecular formula is C31H43N3O2. The lowest BCUT2D eigenvalue weighted by atomic mass is 10.1. The van der Waals surface area contributed by atoms with Crippen LogP contribution in [0.4, 0.5) is 0 Å². The number of rotatable bonds is 16. The standard InChI is InChI=1S/C31H43N3O2/c1-2-3-4-5-6-7-8-9-10-11-12-13-14-15-16-17-18-23-30(35)34-25-20-22-29(34)27-33-31(36)28-21-19-24-32-26-28/h3-4,6-7,9-10,12-13,15-16,19,21,24,26,29H,2,5,8,11,14,17-18,20,22-23,25,27H2,1H3,(H,33,36)/b4-3-,7-6-,10-9-,13-12-,16-15-/t29-/m0/s1. The summed E-state index contributed by atoms with van der Waals surface area (Å²) in [5.74, 6) is 0.0567. The minimum absolute atomic E-state index is 0.0896. The Balaban J connectivity index is 1.53. The summed E-state index contributed by atoms with van der Waals surface area (Å²) < 4.78 is 0. The molecule has 194 valence electrons. The smallest absolute Gasteiger partial charge is 0.252 e. The number of nitrogens with one attached hydrogen (secondary N) is 1. The van der Waals surface area contributed by atoms with Crippen LogP contribution < -0.4 is 5.32 Å². The van der Waals surface area contributed by atoms with Crippen LogP contribution in [0.2, 0.25) is 0 Å². The van der Waals surface area contributed by atoms with E-state index in [0.29, 0.717) is 18.5 Å². The van der Waals surface area contributed by atoms with Gasteiger partial charge in [-0.25, -0.2) is 0 Å². The van der Waals surface area contributed by atoms with Gasteiger partial charge in [-0.15, -0.1) is 0 Å². The van der Waals surface area contributed by atoms with Crippen LogP contribution in [0.25, 0.3) is 0 Å². The minimum atomic E-state index is -0.138. The van der Waals surface area contributed by atoms with Crippen molar-refractivity contribution in [1.29, 1.82) is 0 Å². The first-order valence-electron chi connectivity index (χ1n) is 13.4. The summed E-state index contributed by atoms with van der Waals surface area (Å²) in [6.07, 6.45) is 34.4. The molecule has 0 radical (unpaired) electrons. The largest absolute Gasteiger partial charge is 0.350 e. The van der Waals surface area contributed by atoms with Gasteiger partial charge in [-0.3, -0.25) is 14.6 Å². The van der Waals surface area contributed by atoms with Crippen molar-refractivity contribution in [3.05, 3.63) is 90.9 Å². The van der Waals surface area contributed by atoms with Crippen molar-refractivity contribution in [3.63, 3.8) is 0 Å². The zero-order valence-corrected chi connectivity index (χ0v) is 21.9. The summed E-state index contributed by atoms with van der Waals surface area (Å²) in [5.41, 5.74) is 0.547. The van der Waals surface area contributed by atoms with Crippen molar-refractivity contribution in [2.45, 2.75) is 77.2 Å². The third-order valence-electron chi connectivity index (χ3n) is 6.04. The first kappa shape index (κ1) is 29.0. The van der Waals surface area contributed by atoms with Crippen LogP contribution in [-0.2, 0) is 4.79 Å². The molecule has 5 nitrogen and oxygen atoms in total. The van der Waals surface area contributed by atoms with Crippen LogP contribution in [0.15, 0.2) is 85.3 Å². The van der Waals surface area contributed by atoms with Gasteiger partial charge in [0.1, 0.15) is 0 Å². The first-order valence-corrected chi connectivity index (χ1v) is 13.4. The van der Waals surface area contributed by atoms with E-state index in [2.05, 4.69) is 78.0 Å². The van der Waals surface area contributed by atoms with E-state index in [1.54, 1.807) is 24.5 Å². The van der Waals surface area contributed by atoms with Crippen molar-refractivity contribution >= 4 is 11.8 Å². The number of aromatic nitrogens is 1. The van der Waals surface area contributed by atoms with Gasteiger partial charge in [0.05, 0.1) is 5.56 Å². The van der Waals surface area contributed by atoms with Crippen LogP contribution in [0.1, 0.15) is 81.5 Å². The number of hydrogen-bond acceptors (Lipinski definition) is 3. The summed E-state index contributed by atoms with van der Waals surface area (Å²) in [4.78, 5) is 30.9. The monoisotopic (exact) mass is 489 g/mol. The van der Waals surface area contributed by atoms with Crippen molar-refractivity contribution in [2.24, 2.45) is 0 Å². The second-order valence-electron chi connectivity index (χ2n) is 8.94. The molecule has 1 aromatic rings. The molecule has 0 aromatic carbocycles. The van der Waals surface area contributed by atoms with Crippen LogP contribution in [0, 0.1) is 0 Å². The number of carbonyl (C=O) groups is 2. The highest BCUT2D eigenvalue weighted by atomic mass is 16.2. The molecule has 1 N–H and O–H groups in total. The third kappa shape index (κ3) is 12.5. The maximum absolute atomic E-state index is 12.7. The molecule has 1 aliphatic heterocycles. The first-order chi connectivity index (χ1) is 17.7. The number of hydrogen-bond donors (Lipinski definition) is 1. The number of pyridine rings is 1. The van der Waals surface area contributed by atoms with Crippen LogP contribution in [0.5, 0.6) is 0 Å². The summed E-state index contributed by atoms with van der Waals surface area (Å²) >= 11 is 0. The van der Waals surface area contributed by atoms with Gasteiger partial charge in [0, 0.05) is 37.9 Å². The average Bonchev–Trinajstić information content (AvgIpc) is 3.38. The lowest BCUT2D eigenvalue weighted by molar-refractivity contribution is -0.132. The van der Waals surface area contributed by atoms with E-state index in [1.165, 1.54) is 0 Å². The molecule has 36 heavy (non-hydrogen) atoms. The molecule has 1 aliphatic rings. The molecule has 1 fully saturated rings. The van der Waals surface area contributed by atoms with Crippen molar-refractivity contribution in [1.82, 2.24) is 15.2 Å². The van der Waals surface area contributed by atoms with Gasteiger partial charge in [-0.2, -0.15) is 0 Å². The van der Waals surface area contributed by atoms with Gasteiger partial charge in [0.15, 0.2) is 0 Å². The molecule has 2 heterocycles. The van der Waals surface area contributed by atoms with Gasteiger partial charge in [-0.1, -0.05) is 67.7 Å². The van der Waals surface area contributed by atoms with Crippen molar-refractivity contribution in [2.75, 3.05) is 13.1 Å². The Morgan fingerprint density at radius 3 is 2.22 bits per heavy atom. The Hall–Kier alpha value is -3.21. The highest BCUT2D eigenvalue weighted by Gasteiger charge is 2.28. The molecular weight excluding hydrogens is 446 g/mol. The van der Waals surface area contributed by atoms with Crippen LogP contribution in [0.3, 0.4) is 0 Å². The second-order valence-corrected chi connectivity index (χ2v) is 8.94. The molecule has 0 bridgehead atoms. The molecule has 1 aromatic heterocycles. The van der Waals surface area contributed by atoms with Gasteiger partial charge in [0.25, 0.3) is 5.91 Å². The highest BCUT2D eigenvalue weighted by Crippen LogP contribution is 2.18. The zero-order valence-electron chi connectivity index (χ0n) is 21.9. The zero-order chi connectivity index (χ0) is 25.7. The van der Waals surface area contributed by atoms with E-state index in [9.17, 15) is 9.59 Å². The maximum Gasteiger partial charge on any atom is 0.252 e. The summed E-state index contributed by atoms with van der Waals surface area (Å²) in [7, 11) is 0. The van der Waals surface area contributed by atoms with E-state index in [1.807, 2.05) is 4.90 Å². The summed E-state index contributed by atoms with van der Waals surface area (Å²) in [5, 5.41) is 2.95. The summed E-state index contributed by atoms with van der Waals surface area (Å²) in [6, 6.07) is 3.58. The molecule has 2 amide bonds. The Morgan fingerprint density at radius 1 is 0.972 bits per heavy atom. The second kappa shape index (κ2) is 19.0. The predicted molar refractivity (Wildman–Crippen MR) is 150 cm³/mol. The fourth-order valence-corrected chi connectivity index (χ4v) is 4.07. The van der Waals surface area contributed by atoms with E-state index < -0.39 is 0 Å². The van der Waals surface area contributed by atoms with E-state index >= 15 is 0 Å². The number of allylic oxidation sites excluding steroid dienone is 10. The number of amides is 2. The molecule has 0 unspecified atom stereocenters. The third-order valence-corrected chi connectivity index (χ3v) is 6.04. The van der Waals surface area contributed by atoms with E-state index in [-0.39, 0.29) is 17.9 Å². The van der Waals surface area contributed by atoms with E-state index in [0.717, 1.165) is 64.3 Å². The SMILES string of the molecule is CC/C=C\C/C=C\C/C=C\C/C=C\C/C=C\CCCC(=O)N1CCC[C@H]1CNC(=O)c1cccnc1. The summed E-state index contributed by atoms with van der Waals surface area (Å²) in [6.45, 7) is 3.43. The Kier molecular flexibility index (Phi) is 15.3. The number of unbranched alkanes of at least 4 members (excludes halogenated alkanes) is 1. The van der Waals surface area contributed by atoms with Gasteiger partial charge in [0.2, 0.25) is 5.91 Å². The molecule has 1 atom stereocenters. The lowest BCUT2D eigenvalue weighted by Gasteiger charge is -2.25. The fourth-order valence-electron chi connectivity index (χ4n) is 4.07. The highest BCUT2D eigenvalue weighted by molar-refractivity contribution is 5.93. The van der Waals surface area contributed by atoms with Gasteiger partial charge >= 0.3 is 0 Å². The molecule has 0 aliphatic carbocycles. The number of carbonyl (C=O) groups excluding carboxylic acids is 2. The van der Waals surface area contributed by atoms with Crippen LogP contribution in [-0.4, -0.2) is 40.8 Å². The minimum Gasteiger partial charge on any atom is -0.350 e. The Labute approximate surface area is 217 Å². The number of nitrogens with zero attached hydrogens (tertiary/aromatic N) is 2. The molecule has 2 rings (SSSR count). The predicted octanol–water partition coefficient (Wildman–Crippen LogP) is 6.72. The maximum atomic E-state index is 12.7. The average molecular weight is 490 g/mol. The lowest BCUT2D eigenvalue weighted by Crippen LogP contribution is -2.43. The molecule has 0 spiro atoms. The topological polar surface area (TPSA) is 62.3 Å². The molecule has 0 saturated carbocycles.